The second kappa shape index (κ2) is 7.66. The van der Waals surface area contributed by atoms with Gasteiger partial charge in [0.15, 0.2) is 0 Å². The van der Waals surface area contributed by atoms with Gasteiger partial charge in [0, 0.05) is 38.1 Å². The van der Waals surface area contributed by atoms with E-state index < -0.39 is 0 Å². The number of likely N-dealkylation sites (N-methyl/N-ethyl adjacent to an activating group) is 1. The van der Waals surface area contributed by atoms with Gasteiger partial charge in [0.2, 0.25) is 0 Å². The van der Waals surface area contributed by atoms with Gasteiger partial charge in [-0.3, -0.25) is 9.78 Å². The lowest BCUT2D eigenvalue weighted by molar-refractivity contribution is 0.102. The molecule has 1 fully saturated rings. The Bertz CT molecular complexity index is 719. The Kier molecular flexibility index (Phi) is 5.34. The van der Waals surface area contributed by atoms with Crippen molar-refractivity contribution in [1.82, 2.24) is 9.88 Å². The van der Waals surface area contributed by atoms with Crippen LogP contribution in [-0.2, 0) is 0 Å². The molecule has 5 nitrogen and oxygen atoms in total. The molecule has 2 aromatic rings. The molecule has 0 spiro atoms. The van der Waals surface area contributed by atoms with Crippen molar-refractivity contribution in [3.8, 4) is 0 Å². The van der Waals surface area contributed by atoms with Crippen LogP contribution < -0.4 is 10.2 Å². The van der Waals surface area contributed by atoms with E-state index in [1.807, 2.05) is 24.4 Å². The highest BCUT2D eigenvalue weighted by molar-refractivity contribution is 6.04. The summed E-state index contributed by atoms with van der Waals surface area (Å²) in [6, 6.07) is 9.93. The minimum Gasteiger partial charge on any atom is -0.368 e. The molecule has 3 rings (SSSR count). The average Bonchev–Trinajstić information content (AvgIpc) is 2.63. The Morgan fingerprint density at radius 3 is 2.40 bits per heavy atom. The zero-order chi connectivity index (χ0) is 17.8. The van der Waals surface area contributed by atoms with E-state index in [9.17, 15) is 4.79 Å². The van der Waals surface area contributed by atoms with Crippen LogP contribution in [0.15, 0.2) is 42.7 Å². The normalized spacial score (nSPS) is 15.4. The summed E-state index contributed by atoms with van der Waals surface area (Å²) in [7, 11) is 2.13. The summed E-state index contributed by atoms with van der Waals surface area (Å²) >= 11 is 0. The third-order valence-electron chi connectivity index (χ3n) is 4.69. The van der Waals surface area contributed by atoms with Crippen molar-refractivity contribution in [2.75, 3.05) is 43.4 Å². The van der Waals surface area contributed by atoms with E-state index in [0.717, 1.165) is 37.6 Å². The maximum Gasteiger partial charge on any atom is 0.257 e. The van der Waals surface area contributed by atoms with Crippen LogP contribution in [0.4, 0.5) is 11.4 Å². The van der Waals surface area contributed by atoms with Gasteiger partial charge in [-0.2, -0.15) is 0 Å². The molecular weight excluding hydrogens is 312 g/mol. The predicted octanol–water partition coefficient (Wildman–Crippen LogP) is 3.21. The van der Waals surface area contributed by atoms with Gasteiger partial charge < -0.3 is 15.1 Å². The van der Waals surface area contributed by atoms with Gasteiger partial charge in [0.25, 0.3) is 5.91 Å². The fraction of sp³-hybridized carbons (Fsp3) is 0.400. The molecule has 1 saturated heterocycles. The zero-order valence-electron chi connectivity index (χ0n) is 15.2. The number of nitrogens with zero attached hydrogens (tertiary/aromatic N) is 3. The fourth-order valence-corrected chi connectivity index (χ4v) is 2.94. The molecule has 5 heteroatoms. The van der Waals surface area contributed by atoms with Gasteiger partial charge in [-0.1, -0.05) is 26.0 Å². The van der Waals surface area contributed by atoms with Crippen molar-refractivity contribution in [3.63, 3.8) is 0 Å². The Labute approximate surface area is 149 Å². The van der Waals surface area contributed by atoms with Crippen molar-refractivity contribution in [1.29, 1.82) is 0 Å². The Balaban J connectivity index is 1.68. The number of hydrogen-bond donors (Lipinski definition) is 1. The Morgan fingerprint density at radius 1 is 1.08 bits per heavy atom. The number of hydrogen-bond acceptors (Lipinski definition) is 4. The Hall–Kier alpha value is -2.40. The highest BCUT2D eigenvalue weighted by Gasteiger charge is 2.16. The summed E-state index contributed by atoms with van der Waals surface area (Å²) in [4.78, 5) is 21.4. The van der Waals surface area contributed by atoms with Crippen molar-refractivity contribution < 1.29 is 4.79 Å². The minimum atomic E-state index is -0.124. The topological polar surface area (TPSA) is 48.5 Å². The van der Waals surface area contributed by atoms with Crippen molar-refractivity contribution in [3.05, 3.63) is 53.9 Å². The van der Waals surface area contributed by atoms with E-state index in [-0.39, 0.29) is 5.91 Å². The summed E-state index contributed by atoms with van der Waals surface area (Å²) in [5.74, 6) is 0.356. The quantitative estimate of drug-likeness (QED) is 0.930. The summed E-state index contributed by atoms with van der Waals surface area (Å²) in [6.45, 7) is 8.28. The number of carbonyl (C=O) groups excluding carboxylic acids is 1. The molecule has 0 saturated carbocycles. The number of nitrogens with one attached hydrogen (secondary N) is 1. The molecule has 25 heavy (non-hydrogen) atoms. The van der Waals surface area contributed by atoms with Crippen LogP contribution in [0.1, 0.15) is 35.7 Å². The van der Waals surface area contributed by atoms with Crippen LogP contribution in [0.25, 0.3) is 0 Å². The molecule has 0 aliphatic carbocycles. The molecule has 1 aromatic carbocycles. The molecular formula is C20H26N4O. The molecule has 0 unspecified atom stereocenters. The lowest BCUT2D eigenvalue weighted by Gasteiger charge is -2.33. The third-order valence-corrected chi connectivity index (χ3v) is 4.69. The first-order valence-corrected chi connectivity index (χ1v) is 8.83. The largest absolute Gasteiger partial charge is 0.368 e. The summed E-state index contributed by atoms with van der Waals surface area (Å²) in [6.07, 6.45) is 3.46. The van der Waals surface area contributed by atoms with Crippen LogP contribution in [0.5, 0.6) is 0 Å². The number of carbonyl (C=O) groups is 1. The maximum atomic E-state index is 12.5. The number of piperazine rings is 1. The standard InChI is InChI=1S/C20H26N4O/c1-15(2)16-4-6-18(7-5-16)22-20(25)17-12-19(14-21-13-17)24-10-8-23(3)9-11-24/h4-7,12-15H,8-11H2,1-3H3,(H,22,25). The SMILES string of the molecule is CC(C)c1ccc(NC(=O)c2cncc(N3CCN(C)CC3)c2)cc1. The smallest absolute Gasteiger partial charge is 0.257 e. The Morgan fingerprint density at radius 2 is 1.76 bits per heavy atom. The molecule has 0 radical (unpaired) electrons. The molecule has 132 valence electrons. The van der Waals surface area contributed by atoms with Crippen LogP contribution in [-0.4, -0.2) is 49.0 Å². The first-order chi connectivity index (χ1) is 12.0. The number of anilines is 2. The third kappa shape index (κ3) is 4.37. The maximum absolute atomic E-state index is 12.5. The monoisotopic (exact) mass is 338 g/mol. The van der Waals surface area contributed by atoms with E-state index >= 15 is 0 Å². The van der Waals surface area contributed by atoms with Crippen LogP contribution in [0, 0.1) is 0 Å². The van der Waals surface area contributed by atoms with Gasteiger partial charge in [-0.05, 0) is 36.7 Å². The molecule has 1 aliphatic heterocycles. The van der Waals surface area contributed by atoms with E-state index in [4.69, 9.17) is 0 Å². The summed E-state index contributed by atoms with van der Waals surface area (Å²) in [5.41, 5.74) is 3.66. The van der Waals surface area contributed by atoms with Crippen LogP contribution >= 0.6 is 0 Å². The molecule has 2 heterocycles. The first kappa shape index (κ1) is 17.4. The van der Waals surface area contributed by atoms with Gasteiger partial charge in [0.1, 0.15) is 0 Å². The van der Waals surface area contributed by atoms with Crippen LogP contribution in [0.2, 0.25) is 0 Å². The van der Waals surface area contributed by atoms with Gasteiger partial charge in [-0.15, -0.1) is 0 Å². The van der Waals surface area contributed by atoms with Crippen molar-refractivity contribution in [2.45, 2.75) is 19.8 Å². The summed E-state index contributed by atoms with van der Waals surface area (Å²) in [5, 5.41) is 2.96. The average molecular weight is 338 g/mol. The van der Waals surface area contributed by atoms with Gasteiger partial charge in [0.05, 0.1) is 17.4 Å². The van der Waals surface area contributed by atoms with Gasteiger partial charge >= 0.3 is 0 Å². The molecule has 0 bridgehead atoms. The van der Waals surface area contributed by atoms with Crippen LogP contribution in [0.3, 0.4) is 0 Å². The molecule has 1 amide bonds. The minimum absolute atomic E-state index is 0.124. The van der Waals surface area contributed by atoms with E-state index in [1.165, 1.54) is 5.56 Å². The number of amides is 1. The lowest BCUT2D eigenvalue weighted by atomic mass is 10.0. The number of aromatic nitrogens is 1. The lowest BCUT2D eigenvalue weighted by Crippen LogP contribution is -2.44. The highest BCUT2D eigenvalue weighted by atomic mass is 16.1. The molecule has 1 N–H and O–H groups in total. The molecule has 0 atom stereocenters. The highest BCUT2D eigenvalue weighted by Crippen LogP contribution is 2.19. The van der Waals surface area contributed by atoms with Gasteiger partial charge in [-0.25, -0.2) is 0 Å². The fourth-order valence-electron chi connectivity index (χ4n) is 2.94. The first-order valence-electron chi connectivity index (χ1n) is 8.83. The van der Waals surface area contributed by atoms with E-state index in [2.05, 4.69) is 53.1 Å². The number of pyridine rings is 1. The predicted molar refractivity (Wildman–Crippen MR) is 102 cm³/mol. The second-order valence-electron chi connectivity index (χ2n) is 6.95. The van der Waals surface area contributed by atoms with Crippen molar-refractivity contribution >= 4 is 17.3 Å². The second-order valence-corrected chi connectivity index (χ2v) is 6.95. The molecule has 1 aromatic heterocycles. The van der Waals surface area contributed by atoms with E-state index in [1.54, 1.807) is 6.20 Å². The van der Waals surface area contributed by atoms with Crippen molar-refractivity contribution in [2.24, 2.45) is 0 Å². The zero-order valence-corrected chi connectivity index (χ0v) is 15.2. The van der Waals surface area contributed by atoms with E-state index in [0.29, 0.717) is 11.5 Å². The number of benzene rings is 1. The molecule has 1 aliphatic rings. The summed E-state index contributed by atoms with van der Waals surface area (Å²) < 4.78 is 0. The number of rotatable bonds is 4.